The second-order valence-electron chi connectivity index (χ2n) is 2.07. The molecular formula is C7H13NO3. The molecular weight excluding hydrogens is 146 g/mol. The fourth-order valence-corrected chi connectivity index (χ4v) is 0.671. The number of aliphatic hydroxyl groups is 1. The van der Waals surface area contributed by atoms with Crippen LogP contribution in [0.15, 0.2) is 12.7 Å². The third kappa shape index (κ3) is 4.38. The second-order valence-corrected chi connectivity index (χ2v) is 2.07. The van der Waals surface area contributed by atoms with E-state index < -0.39 is 6.09 Å². The number of hydrogen-bond donors (Lipinski definition) is 2. The Morgan fingerprint density at radius 3 is 2.55 bits per heavy atom. The molecule has 0 unspecified atom stereocenters. The Kier molecular flexibility index (Phi) is 5.20. The van der Waals surface area contributed by atoms with Crippen molar-refractivity contribution in [2.24, 2.45) is 0 Å². The molecule has 0 fully saturated rings. The fraction of sp³-hybridized carbons (Fsp3) is 0.571. The van der Waals surface area contributed by atoms with Crippen LogP contribution < -0.4 is 0 Å². The monoisotopic (exact) mass is 159 g/mol. The van der Waals surface area contributed by atoms with Crippen molar-refractivity contribution in [2.75, 3.05) is 19.7 Å². The van der Waals surface area contributed by atoms with Crippen LogP contribution >= 0.6 is 0 Å². The van der Waals surface area contributed by atoms with E-state index in [1.807, 2.05) is 0 Å². The molecule has 0 aromatic rings. The van der Waals surface area contributed by atoms with Crippen LogP contribution in [0.1, 0.15) is 6.42 Å². The molecule has 0 rings (SSSR count). The zero-order valence-corrected chi connectivity index (χ0v) is 6.36. The van der Waals surface area contributed by atoms with Crippen LogP contribution in [0.3, 0.4) is 0 Å². The number of aliphatic hydroxyl groups excluding tert-OH is 1. The summed E-state index contributed by atoms with van der Waals surface area (Å²) in [4.78, 5) is 11.5. The molecule has 4 nitrogen and oxygen atoms in total. The first-order chi connectivity index (χ1) is 5.22. The van der Waals surface area contributed by atoms with Crippen molar-refractivity contribution < 1.29 is 15.0 Å². The van der Waals surface area contributed by atoms with E-state index in [0.717, 1.165) is 4.90 Å². The largest absolute Gasteiger partial charge is 0.465 e. The van der Waals surface area contributed by atoms with Gasteiger partial charge in [-0.2, -0.15) is 0 Å². The Balaban J connectivity index is 3.68. The van der Waals surface area contributed by atoms with E-state index >= 15 is 0 Å². The topological polar surface area (TPSA) is 60.8 Å². The van der Waals surface area contributed by atoms with Gasteiger partial charge >= 0.3 is 6.09 Å². The zero-order valence-electron chi connectivity index (χ0n) is 6.36. The molecule has 0 heterocycles. The highest BCUT2D eigenvalue weighted by Gasteiger charge is 2.08. The quantitative estimate of drug-likeness (QED) is 0.575. The normalized spacial score (nSPS) is 9.18. The standard InChI is InChI=1S/C7H13NO3/c1-2-3-4-8(5-6-9)7(10)11/h2,9H,1,3-6H2,(H,10,11). The Labute approximate surface area is 65.7 Å². The molecule has 0 aromatic carbocycles. The summed E-state index contributed by atoms with van der Waals surface area (Å²) in [5.74, 6) is 0. The molecule has 0 saturated heterocycles. The maximum Gasteiger partial charge on any atom is 0.407 e. The fourth-order valence-electron chi connectivity index (χ4n) is 0.671. The van der Waals surface area contributed by atoms with Crippen molar-refractivity contribution in [2.45, 2.75) is 6.42 Å². The van der Waals surface area contributed by atoms with E-state index in [1.54, 1.807) is 6.08 Å². The summed E-state index contributed by atoms with van der Waals surface area (Å²) in [6.07, 6.45) is 1.26. The highest BCUT2D eigenvalue weighted by Crippen LogP contribution is 1.91. The minimum Gasteiger partial charge on any atom is -0.465 e. The molecule has 0 spiro atoms. The summed E-state index contributed by atoms with van der Waals surface area (Å²) >= 11 is 0. The van der Waals surface area contributed by atoms with Crippen LogP contribution in [0.4, 0.5) is 4.79 Å². The molecule has 0 saturated carbocycles. The molecule has 0 aliphatic rings. The lowest BCUT2D eigenvalue weighted by Crippen LogP contribution is -2.32. The summed E-state index contributed by atoms with van der Waals surface area (Å²) in [5, 5.41) is 17.0. The summed E-state index contributed by atoms with van der Waals surface area (Å²) in [6, 6.07) is 0. The molecule has 1 amide bonds. The predicted molar refractivity (Wildman–Crippen MR) is 41.5 cm³/mol. The second kappa shape index (κ2) is 5.73. The van der Waals surface area contributed by atoms with Gasteiger partial charge in [0.05, 0.1) is 6.61 Å². The van der Waals surface area contributed by atoms with Crippen LogP contribution in [-0.4, -0.2) is 40.9 Å². The van der Waals surface area contributed by atoms with Crippen molar-refractivity contribution in [1.29, 1.82) is 0 Å². The van der Waals surface area contributed by atoms with E-state index in [1.165, 1.54) is 0 Å². The van der Waals surface area contributed by atoms with Gasteiger partial charge in [-0.05, 0) is 6.42 Å². The number of hydrogen-bond acceptors (Lipinski definition) is 2. The Hall–Kier alpha value is -1.03. The number of carboxylic acid groups (broad SMARTS) is 1. The van der Waals surface area contributed by atoms with Crippen molar-refractivity contribution in [3.05, 3.63) is 12.7 Å². The highest BCUT2D eigenvalue weighted by atomic mass is 16.4. The predicted octanol–water partition coefficient (Wildman–Crippen LogP) is 0.535. The molecule has 2 N–H and O–H groups in total. The van der Waals surface area contributed by atoms with Crippen molar-refractivity contribution in [1.82, 2.24) is 4.90 Å². The molecule has 64 valence electrons. The van der Waals surface area contributed by atoms with Crippen molar-refractivity contribution in [3.63, 3.8) is 0 Å². The van der Waals surface area contributed by atoms with Gasteiger partial charge in [0.25, 0.3) is 0 Å². The van der Waals surface area contributed by atoms with Gasteiger partial charge in [-0.1, -0.05) is 6.08 Å². The van der Waals surface area contributed by atoms with Crippen molar-refractivity contribution in [3.8, 4) is 0 Å². The first kappa shape index (κ1) is 9.97. The molecule has 0 atom stereocenters. The first-order valence-corrected chi connectivity index (χ1v) is 3.42. The minimum atomic E-state index is -0.999. The molecule has 4 heteroatoms. The molecule has 0 radical (unpaired) electrons. The molecule has 0 bridgehead atoms. The summed E-state index contributed by atoms with van der Waals surface area (Å²) in [5.41, 5.74) is 0. The van der Waals surface area contributed by atoms with Crippen LogP contribution in [0.2, 0.25) is 0 Å². The zero-order chi connectivity index (χ0) is 8.69. The maximum absolute atomic E-state index is 10.4. The van der Waals surface area contributed by atoms with Crippen LogP contribution in [0, 0.1) is 0 Å². The first-order valence-electron chi connectivity index (χ1n) is 3.42. The molecule has 0 aromatic heterocycles. The van der Waals surface area contributed by atoms with E-state index in [4.69, 9.17) is 10.2 Å². The van der Waals surface area contributed by atoms with Gasteiger partial charge in [0.15, 0.2) is 0 Å². The van der Waals surface area contributed by atoms with Crippen LogP contribution in [0.25, 0.3) is 0 Å². The summed E-state index contributed by atoms with van der Waals surface area (Å²) in [7, 11) is 0. The number of rotatable bonds is 5. The Morgan fingerprint density at radius 1 is 1.55 bits per heavy atom. The van der Waals surface area contributed by atoms with Gasteiger partial charge < -0.3 is 15.1 Å². The highest BCUT2D eigenvalue weighted by molar-refractivity contribution is 5.64. The SMILES string of the molecule is C=CCCN(CCO)C(=O)O. The van der Waals surface area contributed by atoms with Gasteiger partial charge in [0.2, 0.25) is 0 Å². The van der Waals surface area contributed by atoms with Gasteiger partial charge in [-0.15, -0.1) is 6.58 Å². The maximum atomic E-state index is 10.4. The van der Waals surface area contributed by atoms with E-state index in [9.17, 15) is 4.79 Å². The van der Waals surface area contributed by atoms with E-state index in [2.05, 4.69) is 6.58 Å². The lowest BCUT2D eigenvalue weighted by Gasteiger charge is -2.16. The smallest absolute Gasteiger partial charge is 0.407 e. The van der Waals surface area contributed by atoms with Crippen LogP contribution in [-0.2, 0) is 0 Å². The van der Waals surface area contributed by atoms with Gasteiger partial charge in [-0.3, -0.25) is 0 Å². The number of nitrogens with zero attached hydrogens (tertiary/aromatic N) is 1. The molecule has 0 aliphatic carbocycles. The van der Waals surface area contributed by atoms with Gasteiger partial charge in [0, 0.05) is 13.1 Å². The lowest BCUT2D eigenvalue weighted by atomic mass is 10.4. The molecule has 11 heavy (non-hydrogen) atoms. The summed E-state index contributed by atoms with van der Waals surface area (Å²) in [6.45, 7) is 3.91. The van der Waals surface area contributed by atoms with Crippen molar-refractivity contribution >= 4 is 6.09 Å². The molecule has 0 aliphatic heterocycles. The Morgan fingerprint density at radius 2 is 2.18 bits per heavy atom. The third-order valence-electron chi connectivity index (χ3n) is 1.24. The third-order valence-corrected chi connectivity index (χ3v) is 1.24. The van der Waals surface area contributed by atoms with Gasteiger partial charge in [0.1, 0.15) is 0 Å². The van der Waals surface area contributed by atoms with Crippen LogP contribution in [0.5, 0.6) is 0 Å². The average Bonchev–Trinajstić information content (AvgIpc) is 1.97. The number of amides is 1. The average molecular weight is 159 g/mol. The van der Waals surface area contributed by atoms with Gasteiger partial charge in [-0.25, -0.2) is 4.79 Å². The van der Waals surface area contributed by atoms with E-state index in [0.29, 0.717) is 13.0 Å². The number of carbonyl (C=O) groups is 1. The lowest BCUT2D eigenvalue weighted by molar-refractivity contribution is 0.133. The summed E-state index contributed by atoms with van der Waals surface area (Å²) < 4.78 is 0. The minimum absolute atomic E-state index is 0.135. The van der Waals surface area contributed by atoms with E-state index in [-0.39, 0.29) is 13.2 Å². The Bertz CT molecular complexity index is 136.